The molecular formula is C14H25N3O2. The fraction of sp³-hybridized carbons (Fsp3) is 0.857. The third-order valence-electron chi connectivity index (χ3n) is 3.55. The van der Waals surface area contributed by atoms with Crippen molar-refractivity contribution in [3.05, 3.63) is 11.7 Å². The van der Waals surface area contributed by atoms with Gasteiger partial charge >= 0.3 is 0 Å². The Morgan fingerprint density at radius 2 is 2.21 bits per heavy atom. The first-order chi connectivity index (χ1) is 9.35. The van der Waals surface area contributed by atoms with Crippen LogP contribution in [0, 0.1) is 0 Å². The summed E-state index contributed by atoms with van der Waals surface area (Å²) in [6.45, 7) is 6.53. The number of nitrogens with one attached hydrogen (secondary N) is 1. The summed E-state index contributed by atoms with van der Waals surface area (Å²) < 4.78 is 10.8. The highest BCUT2D eigenvalue weighted by Crippen LogP contribution is 2.33. The Bertz CT molecular complexity index is 367. The zero-order chi connectivity index (χ0) is 13.5. The molecule has 1 heterocycles. The van der Waals surface area contributed by atoms with E-state index in [1.807, 2.05) is 0 Å². The van der Waals surface area contributed by atoms with E-state index in [9.17, 15) is 0 Å². The van der Waals surface area contributed by atoms with Gasteiger partial charge in [-0.05, 0) is 32.2 Å². The van der Waals surface area contributed by atoms with Crippen molar-refractivity contribution in [3.63, 3.8) is 0 Å². The minimum Gasteiger partial charge on any atom is -0.373 e. The smallest absolute Gasteiger partial charge is 0.231 e. The van der Waals surface area contributed by atoms with Crippen LogP contribution in [0.3, 0.4) is 0 Å². The molecule has 2 unspecified atom stereocenters. The SMILES string of the molecule is CCCNC1CCCC1c1nc(COCCC)no1. The highest BCUT2D eigenvalue weighted by atomic mass is 16.5. The van der Waals surface area contributed by atoms with Gasteiger partial charge in [-0.2, -0.15) is 4.98 Å². The molecule has 1 fully saturated rings. The van der Waals surface area contributed by atoms with Gasteiger partial charge in [0.15, 0.2) is 5.82 Å². The van der Waals surface area contributed by atoms with E-state index in [-0.39, 0.29) is 0 Å². The predicted octanol–water partition coefficient (Wildman–Crippen LogP) is 2.63. The molecule has 1 saturated carbocycles. The molecule has 0 saturated heterocycles. The standard InChI is InChI=1S/C14H25N3O2/c1-3-8-15-12-7-5-6-11(12)14-16-13(17-19-14)10-18-9-4-2/h11-12,15H,3-10H2,1-2H3. The van der Waals surface area contributed by atoms with Gasteiger partial charge in [0, 0.05) is 12.6 Å². The van der Waals surface area contributed by atoms with Gasteiger partial charge in [-0.25, -0.2) is 0 Å². The summed E-state index contributed by atoms with van der Waals surface area (Å²) in [6.07, 6.45) is 5.74. The van der Waals surface area contributed by atoms with Gasteiger partial charge in [0.1, 0.15) is 6.61 Å². The van der Waals surface area contributed by atoms with Crippen LogP contribution in [-0.2, 0) is 11.3 Å². The highest BCUT2D eigenvalue weighted by molar-refractivity contribution is 5.02. The number of nitrogens with zero attached hydrogens (tertiary/aromatic N) is 2. The lowest BCUT2D eigenvalue weighted by atomic mass is 10.0. The first-order valence-corrected chi connectivity index (χ1v) is 7.48. The highest BCUT2D eigenvalue weighted by Gasteiger charge is 2.32. The molecule has 0 aromatic carbocycles. The van der Waals surface area contributed by atoms with Crippen LogP contribution < -0.4 is 5.32 Å². The number of rotatable bonds is 8. The van der Waals surface area contributed by atoms with Crippen molar-refractivity contribution in [1.82, 2.24) is 15.5 Å². The van der Waals surface area contributed by atoms with Crippen LogP contribution in [0.15, 0.2) is 4.52 Å². The van der Waals surface area contributed by atoms with Crippen LogP contribution in [0.25, 0.3) is 0 Å². The lowest BCUT2D eigenvalue weighted by molar-refractivity contribution is 0.114. The number of aromatic nitrogens is 2. The minimum atomic E-state index is 0.374. The lowest BCUT2D eigenvalue weighted by Gasteiger charge is -2.17. The summed E-state index contributed by atoms with van der Waals surface area (Å²) in [5.41, 5.74) is 0. The average molecular weight is 267 g/mol. The average Bonchev–Trinajstić information content (AvgIpc) is 3.05. The molecule has 1 aromatic heterocycles. The molecule has 0 amide bonds. The first-order valence-electron chi connectivity index (χ1n) is 7.48. The molecule has 2 atom stereocenters. The number of ether oxygens (including phenoxy) is 1. The van der Waals surface area contributed by atoms with Crippen molar-refractivity contribution < 1.29 is 9.26 Å². The van der Waals surface area contributed by atoms with E-state index in [2.05, 4.69) is 29.3 Å². The van der Waals surface area contributed by atoms with E-state index in [0.717, 1.165) is 38.3 Å². The summed E-state index contributed by atoms with van der Waals surface area (Å²) in [5.74, 6) is 1.82. The molecule has 1 aliphatic carbocycles. The molecule has 108 valence electrons. The quantitative estimate of drug-likeness (QED) is 0.734. The van der Waals surface area contributed by atoms with Crippen LogP contribution in [-0.4, -0.2) is 29.3 Å². The van der Waals surface area contributed by atoms with Crippen molar-refractivity contribution in [3.8, 4) is 0 Å². The summed E-state index contributed by atoms with van der Waals surface area (Å²) >= 11 is 0. The van der Waals surface area contributed by atoms with Gasteiger partial charge in [-0.1, -0.05) is 25.4 Å². The van der Waals surface area contributed by atoms with E-state index >= 15 is 0 Å². The maximum absolute atomic E-state index is 5.44. The van der Waals surface area contributed by atoms with Crippen LogP contribution in [0.5, 0.6) is 0 Å². The van der Waals surface area contributed by atoms with E-state index in [1.54, 1.807) is 0 Å². The Kier molecular flexibility index (Phi) is 5.79. The third kappa shape index (κ3) is 4.01. The largest absolute Gasteiger partial charge is 0.373 e. The second-order valence-electron chi connectivity index (χ2n) is 5.20. The van der Waals surface area contributed by atoms with Gasteiger partial charge in [0.2, 0.25) is 5.89 Å². The Balaban J connectivity index is 1.89. The zero-order valence-corrected chi connectivity index (χ0v) is 12.0. The summed E-state index contributed by atoms with van der Waals surface area (Å²) in [4.78, 5) is 4.48. The molecule has 2 rings (SSSR count). The van der Waals surface area contributed by atoms with Crippen LogP contribution in [0.2, 0.25) is 0 Å². The van der Waals surface area contributed by atoms with Crippen LogP contribution in [0.1, 0.15) is 63.6 Å². The summed E-state index contributed by atoms with van der Waals surface area (Å²) in [5, 5.41) is 7.59. The number of hydrogen-bond donors (Lipinski definition) is 1. The molecule has 0 spiro atoms. The van der Waals surface area contributed by atoms with Crippen molar-refractivity contribution >= 4 is 0 Å². The molecule has 1 aliphatic rings. The molecule has 0 radical (unpaired) electrons. The van der Waals surface area contributed by atoms with Crippen LogP contribution >= 0.6 is 0 Å². The first kappa shape index (κ1) is 14.5. The van der Waals surface area contributed by atoms with Gasteiger partial charge in [0.05, 0.1) is 5.92 Å². The second kappa shape index (κ2) is 7.60. The monoisotopic (exact) mass is 267 g/mol. The topological polar surface area (TPSA) is 60.2 Å². The fourth-order valence-electron chi connectivity index (χ4n) is 2.61. The molecule has 5 heteroatoms. The molecule has 1 aromatic rings. The molecule has 19 heavy (non-hydrogen) atoms. The summed E-state index contributed by atoms with van der Waals surface area (Å²) in [6, 6.07) is 0.491. The third-order valence-corrected chi connectivity index (χ3v) is 3.55. The van der Waals surface area contributed by atoms with Crippen LogP contribution in [0.4, 0.5) is 0 Å². The van der Waals surface area contributed by atoms with Crippen molar-refractivity contribution in [2.24, 2.45) is 0 Å². The Labute approximate surface area is 115 Å². The fourth-order valence-corrected chi connectivity index (χ4v) is 2.61. The maximum atomic E-state index is 5.44. The Morgan fingerprint density at radius 1 is 1.32 bits per heavy atom. The van der Waals surface area contributed by atoms with E-state index in [4.69, 9.17) is 9.26 Å². The van der Waals surface area contributed by atoms with E-state index in [0.29, 0.717) is 24.4 Å². The molecule has 5 nitrogen and oxygen atoms in total. The van der Waals surface area contributed by atoms with Crippen molar-refractivity contribution in [2.75, 3.05) is 13.2 Å². The maximum Gasteiger partial charge on any atom is 0.231 e. The van der Waals surface area contributed by atoms with Crippen molar-refractivity contribution in [2.45, 2.75) is 64.5 Å². The van der Waals surface area contributed by atoms with Gasteiger partial charge in [0.25, 0.3) is 0 Å². The molecule has 0 aliphatic heterocycles. The van der Waals surface area contributed by atoms with Gasteiger partial charge in [-0.3, -0.25) is 0 Å². The second-order valence-corrected chi connectivity index (χ2v) is 5.20. The molecular weight excluding hydrogens is 242 g/mol. The van der Waals surface area contributed by atoms with Crippen molar-refractivity contribution in [1.29, 1.82) is 0 Å². The van der Waals surface area contributed by atoms with Gasteiger partial charge < -0.3 is 14.6 Å². The molecule has 1 N–H and O–H groups in total. The normalized spacial score (nSPS) is 23.1. The number of hydrogen-bond acceptors (Lipinski definition) is 5. The zero-order valence-electron chi connectivity index (χ0n) is 12.0. The molecule has 0 bridgehead atoms. The summed E-state index contributed by atoms with van der Waals surface area (Å²) in [7, 11) is 0. The lowest BCUT2D eigenvalue weighted by Crippen LogP contribution is -2.31. The predicted molar refractivity (Wildman–Crippen MR) is 72.9 cm³/mol. The van der Waals surface area contributed by atoms with E-state index in [1.165, 1.54) is 12.8 Å². The Hall–Kier alpha value is -0.940. The van der Waals surface area contributed by atoms with E-state index < -0.39 is 0 Å². The minimum absolute atomic E-state index is 0.374. The Morgan fingerprint density at radius 3 is 3.00 bits per heavy atom. The van der Waals surface area contributed by atoms with Gasteiger partial charge in [-0.15, -0.1) is 0 Å².